The third kappa shape index (κ3) is 2.70. The summed E-state index contributed by atoms with van der Waals surface area (Å²) in [5.74, 6) is 5.12. The molecule has 1 heterocycles. The van der Waals surface area contributed by atoms with Crippen LogP contribution in [-0.2, 0) is 10.3 Å². The Hall–Kier alpha value is -1.27. The van der Waals surface area contributed by atoms with Crippen LogP contribution in [0.25, 0.3) is 0 Å². The van der Waals surface area contributed by atoms with Crippen molar-refractivity contribution >= 4 is 5.82 Å². The largest absolute Gasteiger partial charge is 0.368 e. The third-order valence-electron chi connectivity index (χ3n) is 2.76. The van der Waals surface area contributed by atoms with Crippen molar-refractivity contribution in [1.29, 1.82) is 0 Å². The summed E-state index contributed by atoms with van der Waals surface area (Å²) in [5.41, 5.74) is 1.86. The lowest BCUT2D eigenvalue weighted by Crippen LogP contribution is -2.29. The fourth-order valence-electron chi connectivity index (χ4n) is 1.53. The van der Waals surface area contributed by atoms with Gasteiger partial charge in [0, 0.05) is 6.61 Å². The molecule has 1 atom stereocenters. The maximum absolute atomic E-state index is 13.6. The second-order valence-electron chi connectivity index (χ2n) is 3.96. The topological polar surface area (TPSA) is 73.1 Å². The SMILES string of the molecule is CCOC(C)(CC)c1nc(C)c(F)c(NN)n1. The van der Waals surface area contributed by atoms with Gasteiger partial charge in [0.05, 0.1) is 5.69 Å². The lowest BCUT2D eigenvalue weighted by molar-refractivity contribution is -0.0391. The van der Waals surface area contributed by atoms with Crippen molar-refractivity contribution in [3.05, 3.63) is 17.3 Å². The van der Waals surface area contributed by atoms with Gasteiger partial charge in [-0.25, -0.2) is 20.2 Å². The Labute approximate surface area is 101 Å². The Bertz CT molecular complexity index is 399. The number of ether oxygens (including phenoxy) is 1. The Kier molecular flexibility index (Phi) is 4.36. The van der Waals surface area contributed by atoms with Gasteiger partial charge in [-0.05, 0) is 27.2 Å². The molecule has 0 spiro atoms. The van der Waals surface area contributed by atoms with Crippen LogP contribution in [-0.4, -0.2) is 16.6 Å². The highest BCUT2D eigenvalue weighted by molar-refractivity contribution is 5.37. The number of nitrogen functional groups attached to an aromatic ring is 1. The van der Waals surface area contributed by atoms with Crippen LogP contribution in [0.3, 0.4) is 0 Å². The predicted octanol–water partition coefficient (Wildman–Crippen LogP) is 1.87. The summed E-state index contributed by atoms with van der Waals surface area (Å²) >= 11 is 0. The molecule has 1 rings (SSSR count). The fraction of sp³-hybridized carbons (Fsp3) is 0.636. The molecule has 0 aliphatic carbocycles. The molecule has 0 saturated carbocycles. The van der Waals surface area contributed by atoms with E-state index >= 15 is 0 Å². The quantitative estimate of drug-likeness (QED) is 0.609. The van der Waals surface area contributed by atoms with E-state index in [4.69, 9.17) is 10.6 Å². The van der Waals surface area contributed by atoms with Crippen molar-refractivity contribution < 1.29 is 9.13 Å². The van der Waals surface area contributed by atoms with Gasteiger partial charge in [0.15, 0.2) is 17.5 Å². The maximum Gasteiger partial charge on any atom is 0.187 e. The molecular formula is C11H19FN4O. The lowest BCUT2D eigenvalue weighted by Gasteiger charge is -2.27. The zero-order chi connectivity index (χ0) is 13.1. The Morgan fingerprint density at radius 1 is 1.41 bits per heavy atom. The Balaban J connectivity index is 3.25. The molecule has 6 heteroatoms. The van der Waals surface area contributed by atoms with Crippen LogP contribution in [0.1, 0.15) is 38.7 Å². The highest BCUT2D eigenvalue weighted by Crippen LogP contribution is 2.28. The smallest absolute Gasteiger partial charge is 0.187 e. The molecule has 0 aliphatic rings. The summed E-state index contributed by atoms with van der Waals surface area (Å²) < 4.78 is 19.2. The number of halogens is 1. The molecule has 0 aliphatic heterocycles. The number of nitrogens with zero attached hydrogens (tertiary/aromatic N) is 2. The summed E-state index contributed by atoms with van der Waals surface area (Å²) in [6, 6.07) is 0. The molecule has 0 aromatic carbocycles. The van der Waals surface area contributed by atoms with E-state index in [2.05, 4.69) is 15.4 Å². The van der Waals surface area contributed by atoms with Crippen LogP contribution in [0.2, 0.25) is 0 Å². The van der Waals surface area contributed by atoms with E-state index in [1.54, 1.807) is 6.92 Å². The molecule has 1 unspecified atom stereocenters. The van der Waals surface area contributed by atoms with Crippen LogP contribution < -0.4 is 11.3 Å². The predicted molar refractivity (Wildman–Crippen MR) is 63.8 cm³/mol. The van der Waals surface area contributed by atoms with Gasteiger partial charge in [0.25, 0.3) is 0 Å². The number of aromatic nitrogens is 2. The average Bonchev–Trinajstić information content (AvgIpc) is 2.32. The number of nitrogens with one attached hydrogen (secondary N) is 1. The molecular weight excluding hydrogens is 223 g/mol. The van der Waals surface area contributed by atoms with Crippen LogP contribution >= 0.6 is 0 Å². The minimum atomic E-state index is -0.626. The van der Waals surface area contributed by atoms with Crippen LogP contribution in [0.5, 0.6) is 0 Å². The number of nitrogens with two attached hydrogens (primary N) is 1. The molecule has 0 saturated heterocycles. The van der Waals surface area contributed by atoms with Crippen LogP contribution in [0, 0.1) is 12.7 Å². The second kappa shape index (κ2) is 5.37. The standard InChI is InChI=1S/C11H19FN4O/c1-5-11(4,17-6-2)10-14-7(3)8(12)9(15-10)16-13/h5-6,13H2,1-4H3,(H,14,15,16). The maximum atomic E-state index is 13.6. The summed E-state index contributed by atoms with van der Waals surface area (Å²) in [4.78, 5) is 8.20. The first kappa shape index (κ1) is 13.8. The van der Waals surface area contributed by atoms with E-state index in [9.17, 15) is 4.39 Å². The van der Waals surface area contributed by atoms with E-state index in [0.717, 1.165) is 0 Å². The second-order valence-corrected chi connectivity index (χ2v) is 3.96. The van der Waals surface area contributed by atoms with Gasteiger partial charge in [0.2, 0.25) is 0 Å². The minimum Gasteiger partial charge on any atom is -0.368 e. The molecule has 0 radical (unpaired) electrons. The van der Waals surface area contributed by atoms with Crippen LogP contribution in [0.15, 0.2) is 0 Å². The van der Waals surface area contributed by atoms with Crippen molar-refractivity contribution in [2.75, 3.05) is 12.0 Å². The number of hydrogen-bond acceptors (Lipinski definition) is 5. The molecule has 0 amide bonds. The number of aryl methyl sites for hydroxylation is 1. The number of hydrazine groups is 1. The first-order valence-corrected chi connectivity index (χ1v) is 5.63. The first-order chi connectivity index (χ1) is 7.98. The van der Waals surface area contributed by atoms with Gasteiger partial charge < -0.3 is 10.2 Å². The van der Waals surface area contributed by atoms with Gasteiger partial charge in [-0.15, -0.1) is 0 Å². The summed E-state index contributed by atoms with van der Waals surface area (Å²) in [6.45, 7) is 7.85. The van der Waals surface area contributed by atoms with Crippen molar-refractivity contribution in [2.45, 2.75) is 39.7 Å². The zero-order valence-corrected chi connectivity index (χ0v) is 10.7. The van der Waals surface area contributed by atoms with E-state index in [1.165, 1.54) is 0 Å². The van der Waals surface area contributed by atoms with Gasteiger partial charge >= 0.3 is 0 Å². The Morgan fingerprint density at radius 2 is 2.06 bits per heavy atom. The number of anilines is 1. The molecule has 17 heavy (non-hydrogen) atoms. The molecule has 1 aromatic rings. The molecule has 96 valence electrons. The van der Waals surface area contributed by atoms with Crippen molar-refractivity contribution in [1.82, 2.24) is 9.97 Å². The lowest BCUT2D eigenvalue weighted by atomic mass is 10.0. The van der Waals surface area contributed by atoms with Crippen molar-refractivity contribution in [2.24, 2.45) is 5.84 Å². The van der Waals surface area contributed by atoms with E-state index in [1.807, 2.05) is 20.8 Å². The van der Waals surface area contributed by atoms with Crippen molar-refractivity contribution in [3.63, 3.8) is 0 Å². The molecule has 0 bridgehead atoms. The number of hydrogen-bond donors (Lipinski definition) is 2. The molecule has 0 fully saturated rings. The van der Waals surface area contributed by atoms with E-state index < -0.39 is 11.4 Å². The number of rotatable bonds is 5. The highest BCUT2D eigenvalue weighted by atomic mass is 19.1. The Morgan fingerprint density at radius 3 is 2.53 bits per heavy atom. The fourth-order valence-corrected chi connectivity index (χ4v) is 1.53. The monoisotopic (exact) mass is 242 g/mol. The molecule has 5 nitrogen and oxygen atoms in total. The summed E-state index contributed by atoms with van der Waals surface area (Å²) in [6.07, 6.45) is 0.690. The van der Waals surface area contributed by atoms with Crippen molar-refractivity contribution in [3.8, 4) is 0 Å². The average molecular weight is 242 g/mol. The van der Waals surface area contributed by atoms with Gasteiger partial charge in [-0.1, -0.05) is 6.92 Å². The molecule has 3 N–H and O–H groups in total. The summed E-state index contributed by atoms with van der Waals surface area (Å²) in [7, 11) is 0. The van der Waals surface area contributed by atoms with E-state index in [0.29, 0.717) is 18.9 Å². The molecule has 1 aromatic heterocycles. The van der Waals surface area contributed by atoms with Gasteiger partial charge in [0.1, 0.15) is 5.60 Å². The summed E-state index contributed by atoms with van der Waals surface area (Å²) in [5, 5.41) is 0. The van der Waals surface area contributed by atoms with E-state index in [-0.39, 0.29) is 11.5 Å². The highest BCUT2D eigenvalue weighted by Gasteiger charge is 2.30. The van der Waals surface area contributed by atoms with Crippen LogP contribution in [0.4, 0.5) is 10.2 Å². The van der Waals surface area contributed by atoms with Gasteiger partial charge in [-0.3, -0.25) is 0 Å². The normalized spacial score (nSPS) is 14.5. The minimum absolute atomic E-state index is 0.00752. The third-order valence-corrected chi connectivity index (χ3v) is 2.76. The van der Waals surface area contributed by atoms with Gasteiger partial charge in [-0.2, -0.15) is 0 Å². The zero-order valence-electron chi connectivity index (χ0n) is 10.7. The first-order valence-electron chi connectivity index (χ1n) is 5.63.